The van der Waals surface area contributed by atoms with Gasteiger partial charge in [0.1, 0.15) is 0 Å². The molecule has 0 aliphatic carbocycles. The third-order valence-corrected chi connectivity index (χ3v) is 3.01. The zero-order valence-electron chi connectivity index (χ0n) is 10.5. The zero-order valence-corrected chi connectivity index (χ0v) is 12.1. The Labute approximate surface area is 121 Å². The number of benzene rings is 2. The van der Waals surface area contributed by atoms with E-state index in [2.05, 4.69) is 27.3 Å². The van der Waals surface area contributed by atoms with Crippen LogP contribution < -0.4 is 5.32 Å². The topological polar surface area (TPSA) is 45.0 Å². The van der Waals surface area contributed by atoms with Crippen LogP contribution in [0.1, 0.15) is 11.1 Å². The summed E-state index contributed by atoms with van der Waals surface area (Å²) < 4.78 is 5.99. The molecule has 0 fully saturated rings. The second-order valence-corrected chi connectivity index (χ2v) is 5.01. The first-order valence-electron chi connectivity index (χ1n) is 5.77. The molecule has 0 amide bonds. The number of rotatable bonds is 4. The van der Waals surface area contributed by atoms with Crippen molar-refractivity contribution in [1.29, 1.82) is 5.26 Å². The maximum atomic E-state index is 8.95. The van der Waals surface area contributed by atoms with Gasteiger partial charge in [-0.05, 0) is 35.9 Å². The fraction of sp³-hybridized carbons (Fsp3) is 0.133. The number of hydrogen-bond acceptors (Lipinski definition) is 3. The van der Waals surface area contributed by atoms with Gasteiger partial charge in [0.15, 0.2) is 0 Å². The summed E-state index contributed by atoms with van der Waals surface area (Å²) in [5, 5.41) is 12.2. The van der Waals surface area contributed by atoms with Gasteiger partial charge in [0, 0.05) is 23.0 Å². The molecule has 96 valence electrons. The quantitative estimate of drug-likeness (QED) is 0.919. The summed E-state index contributed by atoms with van der Waals surface area (Å²) in [5.41, 5.74) is 3.56. The molecule has 4 heteroatoms. The summed E-state index contributed by atoms with van der Waals surface area (Å²) in [4.78, 5) is 0. The van der Waals surface area contributed by atoms with Crippen molar-refractivity contribution < 1.29 is 4.74 Å². The number of anilines is 2. The molecule has 0 spiro atoms. The van der Waals surface area contributed by atoms with Crippen molar-refractivity contribution in [2.45, 2.75) is 6.61 Å². The van der Waals surface area contributed by atoms with E-state index in [-0.39, 0.29) is 0 Å². The Morgan fingerprint density at radius 3 is 2.79 bits per heavy atom. The molecule has 2 aromatic carbocycles. The van der Waals surface area contributed by atoms with Crippen molar-refractivity contribution in [3.63, 3.8) is 0 Å². The second-order valence-electron chi connectivity index (χ2n) is 4.10. The van der Waals surface area contributed by atoms with Gasteiger partial charge >= 0.3 is 0 Å². The number of nitrogens with one attached hydrogen (secondary N) is 1. The first kappa shape index (κ1) is 13.6. The molecule has 0 aliphatic heterocycles. The van der Waals surface area contributed by atoms with Crippen LogP contribution in [0.2, 0.25) is 0 Å². The molecule has 3 nitrogen and oxygen atoms in total. The molecule has 0 bridgehead atoms. The molecule has 2 rings (SSSR count). The maximum Gasteiger partial charge on any atom is 0.0992 e. The minimum absolute atomic E-state index is 0.581. The SMILES string of the molecule is COCc1cccc(Nc2cc(Br)cc(C#N)c2)c1. The number of ether oxygens (including phenoxy) is 1. The number of nitriles is 1. The van der Waals surface area contributed by atoms with E-state index >= 15 is 0 Å². The van der Waals surface area contributed by atoms with Gasteiger partial charge in [0.2, 0.25) is 0 Å². The molecule has 19 heavy (non-hydrogen) atoms. The van der Waals surface area contributed by atoms with E-state index in [0.717, 1.165) is 21.4 Å². The predicted molar refractivity (Wildman–Crippen MR) is 79.3 cm³/mol. The van der Waals surface area contributed by atoms with Crippen molar-refractivity contribution in [3.05, 3.63) is 58.1 Å². The smallest absolute Gasteiger partial charge is 0.0992 e. The number of nitrogens with zero attached hydrogens (tertiary/aromatic N) is 1. The summed E-state index contributed by atoms with van der Waals surface area (Å²) in [7, 11) is 1.67. The third kappa shape index (κ3) is 3.82. The van der Waals surface area contributed by atoms with Crippen LogP contribution >= 0.6 is 15.9 Å². The largest absolute Gasteiger partial charge is 0.380 e. The van der Waals surface area contributed by atoms with Crippen molar-refractivity contribution in [1.82, 2.24) is 0 Å². The minimum Gasteiger partial charge on any atom is -0.380 e. The normalized spacial score (nSPS) is 9.95. The highest BCUT2D eigenvalue weighted by Gasteiger charge is 2.01. The van der Waals surface area contributed by atoms with Crippen molar-refractivity contribution >= 4 is 27.3 Å². The highest BCUT2D eigenvalue weighted by atomic mass is 79.9. The fourth-order valence-corrected chi connectivity index (χ4v) is 2.29. The predicted octanol–water partition coefficient (Wildman–Crippen LogP) is 4.21. The van der Waals surface area contributed by atoms with Crippen LogP contribution in [0.3, 0.4) is 0 Å². The number of hydrogen-bond donors (Lipinski definition) is 1. The Bertz CT molecular complexity index is 620. The van der Waals surface area contributed by atoms with Crippen LogP contribution in [0.15, 0.2) is 46.9 Å². The first-order chi connectivity index (χ1) is 9.21. The summed E-state index contributed by atoms with van der Waals surface area (Å²) in [6.07, 6.45) is 0. The summed E-state index contributed by atoms with van der Waals surface area (Å²) >= 11 is 3.40. The van der Waals surface area contributed by atoms with E-state index in [9.17, 15) is 0 Å². The Morgan fingerprint density at radius 1 is 1.21 bits per heavy atom. The van der Waals surface area contributed by atoms with Crippen LogP contribution in [0, 0.1) is 11.3 Å². The average molecular weight is 317 g/mol. The van der Waals surface area contributed by atoms with Gasteiger partial charge in [0.25, 0.3) is 0 Å². The highest BCUT2D eigenvalue weighted by molar-refractivity contribution is 9.10. The zero-order chi connectivity index (χ0) is 13.7. The molecule has 0 saturated heterocycles. The van der Waals surface area contributed by atoms with E-state index in [0.29, 0.717) is 12.2 Å². The lowest BCUT2D eigenvalue weighted by atomic mass is 10.2. The van der Waals surface area contributed by atoms with Gasteiger partial charge in [-0.15, -0.1) is 0 Å². The monoisotopic (exact) mass is 316 g/mol. The molecular weight excluding hydrogens is 304 g/mol. The van der Waals surface area contributed by atoms with Crippen LogP contribution in [0.4, 0.5) is 11.4 Å². The average Bonchev–Trinajstić information content (AvgIpc) is 2.39. The molecule has 0 heterocycles. The van der Waals surface area contributed by atoms with Crippen LogP contribution in [-0.4, -0.2) is 7.11 Å². The lowest BCUT2D eigenvalue weighted by molar-refractivity contribution is 0.185. The Kier molecular flexibility index (Phi) is 4.56. The molecule has 0 aliphatic rings. The molecule has 0 saturated carbocycles. The van der Waals surface area contributed by atoms with Crippen LogP contribution in [0.5, 0.6) is 0 Å². The molecule has 0 unspecified atom stereocenters. The van der Waals surface area contributed by atoms with Crippen molar-refractivity contribution in [2.75, 3.05) is 12.4 Å². The van der Waals surface area contributed by atoms with Crippen LogP contribution in [0.25, 0.3) is 0 Å². The third-order valence-electron chi connectivity index (χ3n) is 2.55. The van der Waals surface area contributed by atoms with Gasteiger partial charge in [-0.1, -0.05) is 28.1 Å². The Balaban J connectivity index is 2.23. The standard InChI is InChI=1S/C15H13BrN2O/c1-19-10-11-3-2-4-14(6-11)18-15-7-12(9-17)5-13(16)8-15/h2-8,18H,10H2,1H3. The number of halogens is 1. The van der Waals surface area contributed by atoms with Crippen molar-refractivity contribution in [2.24, 2.45) is 0 Å². The molecule has 2 aromatic rings. The van der Waals surface area contributed by atoms with Crippen LogP contribution in [-0.2, 0) is 11.3 Å². The minimum atomic E-state index is 0.581. The Morgan fingerprint density at radius 2 is 2.05 bits per heavy atom. The van der Waals surface area contributed by atoms with E-state index in [1.807, 2.05) is 36.4 Å². The second kappa shape index (κ2) is 6.37. The lowest BCUT2D eigenvalue weighted by Crippen LogP contribution is -1.93. The summed E-state index contributed by atoms with van der Waals surface area (Å²) in [6.45, 7) is 0.581. The van der Waals surface area contributed by atoms with E-state index < -0.39 is 0 Å². The Hall–Kier alpha value is -1.83. The molecule has 1 N–H and O–H groups in total. The lowest BCUT2D eigenvalue weighted by Gasteiger charge is -2.09. The van der Waals surface area contributed by atoms with Gasteiger partial charge in [0.05, 0.1) is 18.2 Å². The van der Waals surface area contributed by atoms with E-state index in [4.69, 9.17) is 10.00 Å². The molecule has 0 radical (unpaired) electrons. The van der Waals surface area contributed by atoms with Gasteiger partial charge in [-0.3, -0.25) is 0 Å². The van der Waals surface area contributed by atoms with Crippen molar-refractivity contribution in [3.8, 4) is 6.07 Å². The van der Waals surface area contributed by atoms with Gasteiger partial charge < -0.3 is 10.1 Å². The first-order valence-corrected chi connectivity index (χ1v) is 6.56. The fourth-order valence-electron chi connectivity index (χ4n) is 1.80. The van der Waals surface area contributed by atoms with E-state index in [1.54, 1.807) is 13.2 Å². The molecular formula is C15H13BrN2O. The summed E-state index contributed by atoms with van der Waals surface area (Å²) in [6, 6.07) is 15.7. The van der Waals surface area contributed by atoms with E-state index in [1.165, 1.54) is 0 Å². The molecule has 0 atom stereocenters. The number of methoxy groups -OCH3 is 1. The summed E-state index contributed by atoms with van der Waals surface area (Å²) in [5.74, 6) is 0. The molecule has 0 aromatic heterocycles. The maximum absolute atomic E-state index is 8.95. The highest BCUT2D eigenvalue weighted by Crippen LogP contribution is 2.23. The van der Waals surface area contributed by atoms with Gasteiger partial charge in [-0.25, -0.2) is 0 Å². The van der Waals surface area contributed by atoms with Gasteiger partial charge in [-0.2, -0.15) is 5.26 Å².